The van der Waals surface area contributed by atoms with Gasteiger partial charge < -0.3 is 14.3 Å². The number of aromatic nitrogens is 1. The fourth-order valence-corrected chi connectivity index (χ4v) is 9.57. The molecule has 13 heteroatoms. The third-order valence-corrected chi connectivity index (χ3v) is 12.5. The number of aromatic hydroxyl groups is 1. The number of hydrogen-bond donors (Lipinski definition) is 1. The first-order valence-electron chi connectivity index (χ1n) is 16.9. The molecule has 1 N–H and O–H groups in total. The Morgan fingerprint density at radius 2 is 1.57 bits per heavy atom. The van der Waals surface area contributed by atoms with Crippen LogP contribution in [0.1, 0.15) is 24.3 Å². The van der Waals surface area contributed by atoms with Crippen molar-refractivity contribution in [3.63, 3.8) is 0 Å². The summed E-state index contributed by atoms with van der Waals surface area (Å²) in [5.74, 6) is -6.56. The molecule has 9 rings (SSSR count). The smallest absolute Gasteiger partial charge is 0.258 e. The number of para-hydroxylation sites is 2. The van der Waals surface area contributed by atoms with Crippen LogP contribution in [0.5, 0.6) is 11.5 Å². The van der Waals surface area contributed by atoms with Crippen LogP contribution in [0.4, 0.5) is 15.8 Å². The van der Waals surface area contributed by atoms with E-state index < -0.39 is 62.9 Å². The van der Waals surface area contributed by atoms with E-state index in [-0.39, 0.29) is 29.8 Å². The number of benzene rings is 4. The Kier molecular flexibility index (Phi) is 7.38. The van der Waals surface area contributed by atoms with Gasteiger partial charge in [0.15, 0.2) is 15.3 Å². The lowest BCUT2D eigenvalue weighted by atomic mass is 9.56. The molecule has 5 aromatic rings. The summed E-state index contributed by atoms with van der Waals surface area (Å²) in [5, 5.41) is 11.3. The summed E-state index contributed by atoms with van der Waals surface area (Å²) in [7, 11) is 1.43. The zero-order valence-electron chi connectivity index (χ0n) is 27.8. The Balaban J connectivity index is 1.13. The summed E-state index contributed by atoms with van der Waals surface area (Å²) in [6.07, 6.45) is 1.64. The largest absolute Gasteiger partial charge is 0.508 e. The van der Waals surface area contributed by atoms with E-state index in [4.69, 9.17) is 32.4 Å². The minimum absolute atomic E-state index is 0.0545. The predicted molar refractivity (Wildman–Crippen MR) is 193 cm³/mol. The first-order valence-corrected chi connectivity index (χ1v) is 17.6. The fraction of sp³-hybridized carbons (Fsp3) is 0.225. The molecule has 4 aromatic carbocycles. The van der Waals surface area contributed by atoms with Crippen LogP contribution in [0.3, 0.4) is 0 Å². The minimum Gasteiger partial charge on any atom is -0.508 e. The van der Waals surface area contributed by atoms with Gasteiger partial charge in [0, 0.05) is 17.0 Å². The second-order valence-corrected chi connectivity index (χ2v) is 15.0. The van der Waals surface area contributed by atoms with Crippen LogP contribution in [0, 0.1) is 23.6 Å². The first kappa shape index (κ1) is 33.3. The molecule has 10 nitrogen and oxygen atoms in total. The highest BCUT2D eigenvalue weighted by Gasteiger charge is 2.77. The van der Waals surface area contributed by atoms with Crippen molar-refractivity contribution in [3.05, 3.63) is 114 Å². The third-order valence-electron chi connectivity index (χ3n) is 11.1. The molecule has 266 valence electrons. The molecule has 2 aliphatic carbocycles. The summed E-state index contributed by atoms with van der Waals surface area (Å²) >= 11 is 14.8. The maximum atomic E-state index is 14.6. The summed E-state index contributed by atoms with van der Waals surface area (Å²) in [6.45, 7) is 0. The topological polar surface area (TPSA) is 130 Å². The highest BCUT2D eigenvalue weighted by atomic mass is 35.5. The summed E-state index contributed by atoms with van der Waals surface area (Å²) in [4.78, 5) is 59.8. The van der Waals surface area contributed by atoms with Crippen molar-refractivity contribution in [2.24, 2.45) is 17.8 Å². The van der Waals surface area contributed by atoms with Crippen molar-refractivity contribution < 1.29 is 37.8 Å². The molecule has 3 heterocycles. The number of ether oxygens (including phenoxy) is 1. The van der Waals surface area contributed by atoms with Crippen LogP contribution in [-0.4, -0.2) is 50.6 Å². The Labute approximate surface area is 311 Å². The highest BCUT2D eigenvalue weighted by Crippen LogP contribution is 2.66. The number of rotatable bonds is 5. The van der Waals surface area contributed by atoms with Gasteiger partial charge in [-0.2, -0.15) is 0 Å². The van der Waals surface area contributed by atoms with Crippen LogP contribution in [0.25, 0.3) is 22.6 Å². The highest BCUT2D eigenvalue weighted by molar-refractivity contribution is 6.58. The average Bonchev–Trinajstić information content (AvgIpc) is 3.75. The fourth-order valence-electron chi connectivity index (χ4n) is 8.64. The van der Waals surface area contributed by atoms with E-state index in [1.54, 1.807) is 30.3 Å². The van der Waals surface area contributed by atoms with E-state index in [0.717, 1.165) is 21.9 Å². The predicted octanol–water partition coefficient (Wildman–Crippen LogP) is 7.12. The Bertz CT molecular complexity index is 2400. The summed E-state index contributed by atoms with van der Waals surface area (Å²) in [6, 6.07) is 23.3. The van der Waals surface area contributed by atoms with Crippen molar-refractivity contribution in [3.8, 4) is 23.0 Å². The number of phenolic OH excluding ortho intramolecular Hbond substituents is 1. The van der Waals surface area contributed by atoms with E-state index in [1.165, 1.54) is 37.4 Å². The molecule has 6 atom stereocenters. The number of methoxy groups -OCH3 is 1. The second kappa shape index (κ2) is 11.7. The Hall–Kier alpha value is -5.52. The molecule has 3 fully saturated rings. The van der Waals surface area contributed by atoms with E-state index in [1.807, 2.05) is 24.3 Å². The molecule has 2 saturated heterocycles. The van der Waals surface area contributed by atoms with Crippen molar-refractivity contribution in [2.75, 3.05) is 16.9 Å². The lowest BCUT2D eigenvalue weighted by molar-refractivity contribution is -0.125. The van der Waals surface area contributed by atoms with Crippen molar-refractivity contribution in [1.29, 1.82) is 0 Å². The lowest BCUT2D eigenvalue weighted by Gasteiger charge is -2.50. The standard InChI is InChI=1S/C40H28Cl2FN3O7/c1-52-24-14-17-30(47)27(18-24)33-25-15-16-26-32(28(25)19-39(41)37(50)46(38(51)40(33,39)42)23-12-8-21(43)9-13-23)36(49)45(35(26)48)22-10-6-20(7-11-22)34-44-29-4-2-3-5-31(29)53-34/h2-15,17-18,26,28,32-33,47H,16,19H2,1H3/t26-,28+,32-,33+,39+,40-/m0/s1. The molecule has 2 aliphatic heterocycles. The van der Waals surface area contributed by atoms with Gasteiger partial charge in [-0.3, -0.25) is 24.1 Å². The Morgan fingerprint density at radius 1 is 0.868 bits per heavy atom. The molecule has 1 saturated carbocycles. The number of imide groups is 2. The summed E-state index contributed by atoms with van der Waals surface area (Å²) < 4.78 is 25.3. The molecule has 0 bridgehead atoms. The molecule has 1 aromatic heterocycles. The van der Waals surface area contributed by atoms with Crippen molar-refractivity contribution in [1.82, 2.24) is 4.98 Å². The number of carbonyl (C=O) groups excluding carboxylic acids is 4. The number of amides is 4. The number of phenols is 1. The quantitative estimate of drug-likeness (QED) is 0.114. The maximum absolute atomic E-state index is 14.6. The average molecular weight is 753 g/mol. The number of carbonyl (C=O) groups is 4. The maximum Gasteiger partial charge on any atom is 0.258 e. The molecular formula is C40H28Cl2FN3O7. The number of nitrogens with zero attached hydrogens (tertiary/aromatic N) is 3. The molecule has 0 radical (unpaired) electrons. The normalized spacial score (nSPS) is 27.9. The monoisotopic (exact) mass is 751 g/mol. The van der Waals surface area contributed by atoms with Crippen molar-refractivity contribution in [2.45, 2.75) is 28.5 Å². The van der Waals surface area contributed by atoms with Gasteiger partial charge in [0.2, 0.25) is 17.7 Å². The number of anilines is 2. The molecule has 4 aliphatic rings. The molecule has 4 amide bonds. The van der Waals surface area contributed by atoms with E-state index in [0.29, 0.717) is 39.6 Å². The SMILES string of the molecule is COc1ccc(O)c([C@H]2C3=CC[C@@H]4C(=O)N(c5ccc(-c6nc7ccccc7o6)cc5)C(=O)[C@@H]4[C@@H]3C[C@@]3(Cl)C(=O)N(c4ccc(F)cc4)C(=O)[C@@]23Cl)c1. The van der Waals surface area contributed by atoms with E-state index in [9.17, 15) is 28.7 Å². The summed E-state index contributed by atoms with van der Waals surface area (Å²) in [5.41, 5.74) is 3.02. The number of allylic oxidation sites excluding steroid dienone is 2. The van der Waals surface area contributed by atoms with Gasteiger partial charge in [-0.05, 0) is 97.6 Å². The Morgan fingerprint density at radius 3 is 2.28 bits per heavy atom. The van der Waals surface area contributed by atoms with Gasteiger partial charge >= 0.3 is 0 Å². The van der Waals surface area contributed by atoms with Crippen LogP contribution in [0.15, 0.2) is 107 Å². The van der Waals surface area contributed by atoms with Gasteiger partial charge in [-0.1, -0.05) is 23.8 Å². The zero-order chi connectivity index (χ0) is 37.0. The number of fused-ring (bicyclic) bond motifs is 5. The van der Waals surface area contributed by atoms with Gasteiger partial charge in [0.05, 0.1) is 30.3 Å². The van der Waals surface area contributed by atoms with Gasteiger partial charge in [0.1, 0.15) is 22.8 Å². The number of oxazole rings is 1. The van der Waals surface area contributed by atoms with Crippen LogP contribution in [0.2, 0.25) is 0 Å². The molecule has 0 unspecified atom stereocenters. The molecular weight excluding hydrogens is 724 g/mol. The number of hydrogen-bond acceptors (Lipinski definition) is 8. The van der Waals surface area contributed by atoms with Gasteiger partial charge in [0.25, 0.3) is 11.8 Å². The van der Waals surface area contributed by atoms with Gasteiger partial charge in [-0.15, -0.1) is 23.2 Å². The molecule has 53 heavy (non-hydrogen) atoms. The van der Waals surface area contributed by atoms with E-state index in [2.05, 4.69) is 4.98 Å². The molecule has 0 spiro atoms. The zero-order valence-corrected chi connectivity index (χ0v) is 29.3. The van der Waals surface area contributed by atoms with Crippen LogP contribution in [-0.2, 0) is 19.2 Å². The van der Waals surface area contributed by atoms with Crippen molar-refractivity contribution >= 4 is 69.3 Å². The van der Waals surface area contributed by atoms with Crippen LogP contribution >= 0.6 is 23.2 Å². The lowest BCUT2D eigenvalue weighted by Crippen LogP contribution is -2.60. The third kappa shape index (κ3) is 4.59. The minimum atomic E-state index is -2.20. The van der Waals surface area contributed by atoms with E-state index >= 15 is 0 Å². The number of halogens is 3. The van der Waals surface area contributed by atoms with Gasteiger partial charge in [-0.25, -0.2) is 14.3 Å². The van der Waals surface area contributed by atoms with Crippen LogP contribution < -0.4 is 14.5 Å². The first-order chi connectivity index (χ1) is 25.5. The second-order valence-electron chi connectivity index (χ2n) is 13.7. The number of alkyl halides is 2.